The first-order valence-corrected chi connectivity index (χ1v) is 6.73. The Kier molecular flexibility index (Phi) is 4.15. The number of amides is 1. The van der Waals surface area contributed by atoms with Crippen molar-refractivity contribution in [1.82, 2.24) is 10.2 Å². The normalized spacial score (nSPS) is 10.8. The fraction of sp³-hybridized carbons (Fsp3) is 0. The highest BCUT2D eigenvalue weighted by molar-refractivity contribution is 6.00. The van der Waals surface area contributed by atoms with Gasteiger partial charge in [-0.2, -0.15) is 0 Å². The third kappa shape index (κ3) is 3.53. The maximum absolute atomic E-state index is 11.8. The Morgan fingerprint density at radius 3 is 2.88 bits per heavy atom. The molecule has 1 aromatic carbocycles. The van der Waals surface area contributed by atoms with Crippen LogP contribution in [-0.4, -0.2) is 21.0 Å². The molecule has 0 atom stereocenters. The largest absolute Gasteiger partial charge is 0.459 e. The van der Waals surface area contributed by atoms with Crippen molar-refractivity contribution in [1.29, 1.82) is 0 Å². The number of benzene rings is 1. The third-order valence-corrected chi connectivity index (χ3v) is 2.90. The van der Waals surface area contributed by atoms with Gasteiger partial charge in [-0.15, -0.1) is 5.10 Å². The van der Waals surface area contributed by atoms with E-state index in [9.17, 15) is 14.9 Å². The molecule has 2 heterocycles. The van der Waals surface area contributed by atoms with E-state index >= 15 is 0 Å². The summed E-state index contributed by atoms with van der Waals surface area (Å²) in [5.41, 5.74) is 0.457. The molecule has 9 heteroatoms. The van der Waals surface area contributed by atoms with Gasteiger partial charge in [0.1, 0.15) is 0 Å². The summed E-state index contributed by atoms with van der Waals surface area (Å²) in [7, 11) is 0. The van der Waals surface area contributed by atoms with E-state index in [-0.39, 0.29) is 17.6 Å². The molecule has 0 radical (unpaired) electrons. The first-order chi connectivity index (χ1) is 11.6. The van der Waals surface area contributed by atoms with E-state index in [1.54, 1.807) is 18.2 Å². The summed E-state index contributed by atoms with van der Waals surface area (Å²) in [6.07, 6.45) is 4.10. The van der Waals surface area contributed by atoms with Crippen LogP contribution in [0.3, 0.4) is 0 Å². The van der Waals surface area contributed by atoms with Gasteiger partial charge in [-0.3, -0.25) is 20.2 Å². The SMILES string of the molecule is O=C(/C=C/c1cccc([N+](=O)[O-])c1)Nc1nnc(-c2ccco2)o1. The Morgan fingerprint density at radius 2 is 2.12 bits per heavy atom. The number of non-ortho nitro benzene ring substituents is 1. The van der Waals surface area contributed by atoms with E-state index in [0.29, 0.717) is 11.3 Å². The van der Waals surface area contributed by atoms with Crippen molar-refractivity contribution in [2.45, 2.75) is 0 Å². The number of hydrogen-bond acceptors (Lipinski definition) is 7. The Balaban J connectivity index is 1.65. The lowest BCUT2D eigenvalue weighted by atomic mass is 10.2. The van der Waals surface area contributed by atoms with E-state index in [2.05, 4.69) is 15.5 Å². The summed E-state index contributed by atoms with van der Waals surface area (Å²) < 4.78 is 10.3. The quantitative estimate of drug-likeness (QED) is 0.434. The molecule has 3 rings (SSSR count). The van der Waals surface area contributed by atoms with Gasteiger partial charge in [-0.1, -0.05) is 17.2 Å². The molecule has 0 spiro atoms. The molecule has 0 aliphatic carbocycles. The van der Waals surface area contributed by atoms with Crippen LogP contribution in [0.2, 0.25) is 0 Å². The van der Waals surface area contributed by atoms with E-state index in [1.807, 2.05) is 0 Å². The first kappa shape index (κ1) is 15.2. The van der Waals surface area contributed by atoms with Gasteiger partial charge < -0.3 is 8.83 Å². The van der Waals surface area contributed by atoms with Gasteiger partial charge in [0.2, 0.25) is 0 Å². The zero-order chi connectivity index (χ0) is 16.9. The number of carbonyl (C=O) groups excluding carboxylic acids is 1. The highest BCUT2D eigenvalue weighted by atomic mass is 16.6. The fourth-order valence-corrected chi connectivity index (χ4v) is 1.83. The van der Waals surface area contributed by atoms with Crippen molar-refractivity contribution >= 4 is 23.7 Å². The van der Waals surface area contributed by atoms with Crippen LogP contribution in [0.4, 0.5) is 11.7 Å². The monoisotopic (exact) mass is 326 g/mol. The lowest BCUT2D eigenvalue weighted by Gasteiger charge is -1.95. The number of anilines is 1. The van der Waals surface area contributed by atoms with E-state index in [0.717, 1.165) is 0 Å². The second-order valence-corrected chi connectivity index (χ2v) is 4.56. The summed E-state index contributed by atoms with van der Waals surface area (Å²) in [6.45, 7) is 0. The average Bonchev–Trinajstić information content (AvgIpc) is 3.24. The van der Waals surface area contributed by atoms with Crippen LogP contribution in [0, 0.1) is 10.1 Å². The summed E-state index contributed by atoms with van der Waals surface area (Å²) in [6, 6.07) is 9.11. The molecule has 2 aromatic heterocycles. The third-order valence-electron chi connectivity index (χ3n) is 2.90. The molecule has 0 unspecified atom stereocenters. The molecule has 120 valence electrons. The molecule has 0 aliphatic heterocycles. The highest BCUT2D eigenvalue weighted by Gasteiger charge is 2.12. The Morgan fingerprint density at radius 1 is 1.25 bits per heavy atom. The number of nitrogens with one attached hydrogen (secondary N) is 1. The van der Waals surface area contributed by atoms with Crippen LogP contribution in [0.15, 0.2) is 57.6 Å². The van der Waals surface area contributed by atoms with Crippen molar-refractivity contribution in [2.24, 2.45) is 0 Å². The Bertz CT molecular complexity index is 898. The fourth-order valence-electron chi connectivity index (χ4n) is 1.83. The van der Waals surface area contributed by atoms with Crippen molar-refractivity contribution in [2.75, 3.05) is 5.32 Å². The summed E-state index contributed by atoms with van der Waals surface area (Å²) in [4.78, 5) is 22.0. The molecule has 1 amide bonds. The minimum atomic E-state index is -0.517. The molecule has 0 bridgehead atoms. The second-order valence-electron chi connectivity index (χ2n) is 4.56. The molecular weight excluding hydrogens is 316 g/mol. The van der Waals surface area contributed by atoms with Crippen LogP contribution in [0.25, 0.3) is 17.7 Å². The predicted molar refractivity (Wildman–Crippen MR) is 82.8 cm³/mol. The van der Waals surface area contributed by atoms with E-state index in [4.69, 9.17) is 8.83 Å². The smallest absolute Gasteiger partial charge is 0.322 e. The zero-order valence-corrected chi connectivity index (χ0v) is 12.1. The van der Waals surface area contributed by atoms with Crippen molar-refractivity contribution in [3.63, 3.8) is 0 Å². The Labute approximate surface area is 134 Å². The molecule has 0 saturated heterocycles. The minimum absolute atomic E-state index is 0.0578. The number of hydrogen-bond donors (Lipinski definition) is 1. The lowest BCUT2D eigenvalue weighted by Crippen LogP contribution is -2.07. The standard InChI is InChI=1S/C15H10N4O5/c20-13(7-6-10-3-1-4-11(9-10)19(21)22)16-15-18-17-14(24-15)12-5-2-8-23-12/h1-9H,(H,16,18,20)/b7-6+. The van der Waals surface area contributed by atoms with Crippen molar-refractivity contribution < 1.29 is 18.6 Å². The van der Waals surface area contributed by atoms with Crippen LogP contribution >= 0.6 is 0 Å². The number of furan rings is 1. The molecular formula is C15H10N4O5. The van der Waals surface area contributed by atoms with Crippen molar-refractivity contribution in [3.8, 4) is 11.7 Å². The van der Waals surface area contributed by atoms with Crippen LogP contribution in [0.5, 0.6) is 0 Å². The van der Waals surface area contributed by atoms with E-state index < -0.39 is 10.8 Å². The summed E-state index contributed by atoms with van der Waals surface area (Å²) in [5, 5.41) is 20.5. The van der Waals surface area contributed by atoms with Gasteiger partial charge in [-0.05, 0) is 23.8 Å². The zero-order valence-electron chi connectivity index (χ0n) is 12.1. The molecule has 24 heavy (non-hydrogen) atoms. The molecule has 0 saturated carbocycles. The second kappa shape index (κ2) is 6.57. The summed E-state index contributed by atoms with van der Waals surface area (Å²) >= 11 is 0. The molecule has 0 fully saturated rings. The maximum atomic E-state index is 11.8. The highest BCUT2D eigenvalue weighted by Crippen LogP contribution is 2.20. The number of nitrogens with zero attached hydrogens (tertiary/aromatic N) is 3. The lowest BCUT2D eigenvalue weighted by molar-refractivity contribution is -0.384. The predicted octanol–water partition coefficient (Wildman–Crippen LogP) is 2.89. The van der Waals surface area contributed by atoms with Crippen molar-refractivity contribution in [3.05, 3.63) is 64.4 Å². The minimum Gasteiger partial charge on any atom is -0.459 e. The number of nitro benzene ring substituents is 1. The number of rotatable bonds is 5. The molecule has 3 aromatic rings. The topological polar surface area (TPSA) is 124 Å². The van der Waals surface area contributed by atoms with Gasteiger partial charge >= 0.3 is 6.01 Å². The van der Waals surface area contributed by atoms with Gasteiger partial charge in [-0.25, -0.2) is 0 Å². The molecule has 0 aliphatic rings. The molecule has 1 N–H and O–H groups in total. The van der Waals surface area contributed by atoms with Gasteiger partial charge in [0.05, 0.1) is 11.2 Å². The van der Waals surface area contributed by atoms with Gasteiger partial charge in [0.25, 0.3) is 17.5 Å². The van der Waals surface area contributed by atoms with Crippen LogP contribution < -0.4 is 5.32 Å². The number of aromatic nitrogens is 2. The number of nitro groups is 1. The summed E-state index contributed by atoms with van der Waals surface area (Å²) in [5.74, 6) is 0.00394. The maximum Gasteiger partial charge on any atom is 0.322 e. The van der Waals surface area contributed by atoms with Gasteiger partial charge in [0.15, 0.2) is 5.76 Å². The van der Waals surface area contributed by atoms with Crippen LogP contribution in [0.1, 0.15) is 5.56 Å². The van der Waals surface area contributed by atoms with Gasteiger partial charge in [0, 0.05) is 18.2 Å². The number of carbonyl (C=O) groups is 1. The first-order valence-electron chi connectivity index (χ1n) is 6.73. The molecule has 9 nitrogen and oxygen atoms in total. The average molecular weight is 326 g/mol. The van der Waals surface area contributed by atoms with E-state index in [1.165, 1.54) is 36.6 Å². The van der Waals surface area contributed by atoms with Crippen LogP contribution in [-0.2, 0) is 4.79 Å². The Hall–Kier alpha value is -3.75.